The predicted molar refractivity (Wildman–Crippen MR) is 118 cm³/mol. The maximum Gasteiger partial charge on any atom is 0.312 e. The minimum Gasteiger partial charge on any atom is -0.495 e. The number of nitro benzene ring substituents is 1. The van der Waals surface area contributed by atoms with Gasteiger partial charge in [-0.3, -0.25) is 14.9 Å². The number of halogens is 1. The van der Waals surface area contributed by atoms with E-state index in [1.54, 1.807) is 0 Å². The Morgan fingerprint density at radius 3 is 2.50 bits per heavy atom. The van der Waals surface area contributed by atoms with Crippen LogP contribution in [-0.4, -0.2) is 50.4 Å². The molecule has 0 aromatic heterocycles. The lowest BCUT2D eigenvalue weighted by atomic mass is 10.2. The van der Waals surface area contributed by atoms with E-state index < -0.39 is 27.5 Å². The fraction of sp³-hybridized carbons (Fsp3) is 0.350. The number of carbonyl (C=O) groups excluding carboxylic acids is 1. The van der Waals surface area contributed by atoms with Crippen molar-refractivity contribution in [2.24, 2.45) is 0 Å². The summed E-state index contributed by atoms with van der Waals surface area (Å²) >= 11 is 5.76. The SMILES string of the molecule is COc1ccc(NC(=O)COc2ccc(Cl)cc2[N+](=O)[O-])cc1S(=O)(=O)N1CCCCC1. The van der Waals surface area contributed by atoms with Gasteiger partial charge in [-0.25, -0.2) is 8.42 Å². The zero-order valence-corrected chi connectivity index (χ0v) is 18.8. The van der Waals surface area contributed by atoms with Crippen molar-refractivity contribution in [3.8, 4) is 11.5 Å². The van der Waals surface area contributed by atoms with Crippen LogP contribution in [0.15, 0.2) is 41.3 Å². The second-order valence-electron chi connectivity index (χ2n) is 7.04. The molecule has 3 rings (SSSR count). The molecule has 0 saturated carbocycles. The Hall–Kier alpha value is -2.89. The number of rotatable bonds is 8. The topological polar surface area (TPSA) is 128 Å². The summed E-state index contributed by atoms with van der Waals surface area (Å²) < 4.78 is 38.0. The molecule has 1 aliphatic rings. The molecule has 0 unspecified atom stereocenters. The molecule has 1 amide bonds. The Morgan fingerprint density at radius 2 is 1.84 bits per heavy atom. The van der Waals surface area contributed by atoms with E-state index in [2.05, 4.69) is 5.32 Å². The molecule has 1 saturated heterocycles. The number of anilines is 1. The van der Waals surface area contributed by atoms with Crippen LogP contribution in [0.2, 0.25) is 5.02 Å². The minimum absolute atomic E-state index is 0.0473. The van der Waals surface area contributed by atoms with Crippen molar-refractivity contribution in [3.05, 3.63) is 51.5 Å². The first-order valence-corrected chi connectivity index (χ1v) is 11.6. The number of benzene rings is 2. The van der Waals surface area contributed by atoms with Crippen LogP contribution < -0.4 is 14.8 Å². The molecule has 12 heteroatoms. The number of nitrogens with one attached hydrogen (secondary N) is 1. The third kappa shape index (κ3) is 5.47. The van der Waals surface area contributed by atoms with Crippen molar-refractivity contribution in [1.82, 2.24) is 4.31 Å². The number of methoxy groups -OCH3 is 1. The Kier molecular flexibility index (Phi) is 7.54. The quantitative estimate of drug-likeness (QED) is 0.449. The van der Waals surface area contributed by atoms with Crippen molar-refractivity contribution in [2.75, 3.05) is 32.1 Å². The summed E-state index contributed by atoms with van der Waals surface area (Å²) in [5, 5.41) is 13.8. The number of amides is 1. The number of piperidine rings is 1. The minimum atomic E-state index is -3.80. The highest BCUT2D eigenvalue weighted by Gasteiger charge is 2.29. The summed E-state index contributed by atoms with van der Waals surface area (Å²) in [6.45, 7) is 0.328. The van der Waals surface area contributed by atoms with Gasteiger partial charge < -0.3 is 14.8 Å². The number of hydrogen-bond acceptors (Lipinski definition) is 7. The second-order valence-corrected chi connectivity index (χ2v) is 9.38. The van der Waals surface area contributed by atoms with E-state index in [1.807, 2.05) is 0 Å². The molecule has 2 aromatic carbocycles. The molecule has 0 bridgehead atoms. The Labute approximate surface area is 190 Å². The van der Waals surface area contributed by atoms with E-state index in [9.17, 15) is 23.3 Å². The number of ether oxygens (including phenoxy) is 2. The average molecular weight is 484 g/mol. The van der Waals surface area contributed by atoms with Crippen molar-refractivity contribution >= 4 is 38.9 Å². The van der Waals surface area contributed by atoms with Crippen molar-refractivity contribution in [3.63, 3.8) is 0 Å². The first-order chi connectivity index (χ1) is 15.2. The summed E-state index contributed by atoms with van der Waals surface area (Å²) in [7, 11) is -2.43. The van der Waals surface area contributed by atoms with E-state index in [0.29, 0.717) is 13.1 Å². The molecule has 32 heavy (non-hydrogen) atoms. The molecular weight excluding hydrogens is 462 g/mol. The molecule has 0 spiro atoms. The third-order valence-electron chi connectivity index (χ3n) is 4.86. The lowest BCUT2D eigenvalue weighted by Crippen LogP contribution is -2.35. The van der Waals surface area contributed by atoms with Crippen LogP contribution in [0, 0.1) is 10.1 Å². The standard InChI is InChI=1S/C20H22ClN3O7S/c1-30-18-8-6-15(12-19(18)32(28,29)23-9-3-2-4-10-23)22-20(25)13-31-17-7-5-14(21)11-16(17)24(26)27/h5-8,11-12H,2-4,9-10,13H2,1H3,(H,22,25). The molecule has 0 atom stereocenters. The molecule has 10 nitrogen and oxygen atoms in total. The van der Waals surface area contributed by atoms with Crippen LogP contribution >= 0.6 is 11.6 Å². The van der Waals surface area contributed by atoms with Crippen LogP contribution in [0.1, 0.15) is 19.3 Å². The Balaban J connectivity index is 1.75. The smallest absolute Gasteiger partial charge is 0.312 e. The van der Waals surface area contributed by atoms with E-state index in [1.165, 1.54) is 41.7 Å². The van der Waals surface area contributed by atoms with Gasteiger partial charge in [-0.2, -0.15) is 4.31 Å². The highest BCUT2D eigenvalue weighted by molar-refractivity contribution is 7.89. The molecule has 1 aliphatic heterocycles. The summed E-state index contributed by atoms with van der Waals surface area (Å²) in [6.07, 6.45) is 2.54. The van der Waals surface area contributed by atoms with E-state index in [4.69, 9.17) is 21.1 Å². The van der Waals surface area contributed by atoms with Gasteiger partial charge >= 0.3 is 5.69 Å². The van der Waals surface area contributed by atoms with Gasteiger partial charge in [0.15, 0.2) is 12.4 Å². The fourth-order valence-electron chi connectivity index (χ4n) is 3.30. The van der Waals surface area contributed by atoms with Crippen LogP contribution in [-0.2, 0) is 14.8 Å². The van der Waals surface area contributed by atoms with Gasteiger partial charge in [-0.15, -0.1) is 0 Å². The predicted octanol–water partition coefficient (Wildman–Crippen LogP) is 3.45. The second kappa shape index (κ2) is 10.2. The van der Waals surface area contributed by atoms with E-state index in [0.717, 1.165) is 25.3 Å². The average Bonchev–Trinajstić information content (AvgIpc) is 2.78. The summed E-state index contributed by atoms with van der Waals surface area (Å²) in [4.78, 5) is 22.7. The molecule has 0 aliphatic carbocycles. The van der Waals surface area contributed by atoms with Crippen LogP contribution in [0.25, 0.3) is 0 Å². The molecular formula is C20H22ClN3O7S. The lowest BCUT2D eigenvalue weighted by molar-refractivity contribution is -0.385. The fourth-order valence-corrected chi connectivity index (χ4v) is 5.16. The van der Waals surface area contributed by atoms with Gasteiger partial charge in [0, 0.05) is 29.9 Å². The number of hydrogen-bond donors (Lipinski definition) is 1. The zero-order valence-electron chi connectivity index (χ0n) is 17.2. The van der Waals surface area contributed by atoms with Crippen LogP contribution in [0.3, 0.4) is 0 Å². The monoisotopic (exact) mass is 483 g/mol. The highest BCUT2D eigenvalue weighted by Crippen LogP contribution is 2.32. The number of carbonyl (C=O) groups is 1. The molecule has 1 N–H and O–H groups in total. The van der Waals surface area contributed by atoms with E-state index in [-0.39, 0.29) is 32.8 Å². The maximum atomic E-state index is 13.1. The van der Waals surface area contributed by atoms with Gasteiger partial charge in [-0.05, 0) is 43.2 Å². The van der Waals surface area contributed by atoms with Crippen molar-refractivity contribution in [2.45, 2.75) is 24.2 Å². The van der Waals surface area contributed by atoms with E-state index >= 15 is 0 Å². The van der Waals surface area contributed by atoms with Gasteiger partial charge in [0.05, 0.1) is 12.0 Å². The first-order valence-electron chi connectivity index (χ1n) is 9.77. The van der Waals surface area contributed by atoms with Gasteiger partial charge in [0.1, 0.15) is 10.6 Å². The van der Waals surface area contributed by atoms with Gasteiger partial charge in [0.25, 0.3) is 5.91 Å². The molecule has 172 valence electrons. The van der Waals surface area contributed by atoms with Gasteiger partial charge in [0.2, 0.25) is 10.0 Å². The summed E-state index contributed by atoms with van der Waals surface area (Å²) in [5.74, 6) is -0.569. The molecule has 0 radical (unpaired) electrons. The van der Waals surface area contributed by atoms with Gasteiger partial charge in [-0.1, -0.05) is 18.0 Å². The molecule has 2 aromatic rings. The van der Waals surface area contributed by atoms with Crippen molar-refractivity contribution < 1.29 is 27.6 Å². The first kappa shape index (κ1) is 23.8. The molecule has 1 heterocycles. The van der Waals surface area contributed by atoms with Crippen LogP contribution in [0.5, 0.6) is 11.5 Å². The Morgan fingerprint density at radius 1 is 1.16 bits per heavy atom. The summed E-state index contributed by atoms with van der Waals surface area (Å²) in [6, 6.07) is 8.10. The number of nitrogens with zero attached hydrogens (tertiary/aromatic N) is 2. The number of nitro groups is 1. The third-order valence-corrected chi connectivity index (χ3v) is 7.01. The van der Waals surface area contributed by atoms with Crippen molar-refractivity contribution in [1.29, 1.82) is 0 Å². The molecule has 1 fully saturated rings. The van der Waals surface area contributed by atoms with Crippen LogP contribution in [0.4, 0.5) is 11.4 Å². The number of sulfonamides is 1. The Bertz CT molecular complexity index is 1120. The lowest BCUT2D eigenvalue weighted by Gasteiger charge is -2.26. The zero-order chi connectivity index (χ0) is 23.3. The largest absolute Gasteiger partial charge is 0.495 e. The highest BCUT2D eigenvalue weighted by atomic mass is 35.5. The normalized spacial score (nSPS) is 14.6. The maximum absolute atomic E-state index is 13.1. The summed E-state index contributed by atoms with van der Waals surface area (Å²) in [5.41, 5.74) is -0.148.